The smallest absolute Gasteiger partial charge is 0.0489 e. The van der Waals surface area contributed by atoms with Crippen molar-refractivity contribution in [3.8, 4) is 0 Å². The molecule has 2 heterocycles. The Morgan fingerprint density at radius 1 is 1.59 bits per heavy atom. The highest BCUT2D eigenvalue weighted by molar-refractivity contribution is 9.10. The number of nitrogens with zero attached hydrogens (tertiary/aromatic N) is 2. The van der Waals surface area contributed by atoms with Crippen molar-refractivity contribution in [2.75, 3.05) is 6.54 Å². The molecule has 0 aliphatic rings. The molecule has 2 aromatic rings. The van der Waals surface area contributed by atoms with E-state index in [4.69, 9.17) is 0 Å². The molecule has 3 nitrogen and oxygen atoms in total. The Labute approximate surface area is 114 Å². The maximum absolute atomic E-state index is 4.18. The summed E-state index contributed by atoms with van der Waals surface area (Å²) >= 11 is 5.27. The number of aromatic nitrogens is 2. The van der Waals surface area contributed by atoms with Gasteiger partial charge in [0.1, 0.15) is 0 Å². The lowest BCUT2D eigenvalue weighted by Crippen LogP contribution is -2.20. The van der Waals surface area contributed by atoms with Crippen LogP contribution in [0.15, 0.2) is 34.4 Å². The van der Waals surface area contributed by atoms with E-state index >= 15 is 0 Å². The summed E-state index contributed by atoms with van der Waals surface area (Å²) in [5.41, 5.74) is 0. The molecule has 92 valence electrons. The van der Waals surface area contributed by atoms with E-state index in [1.807, 2.05) is 23.1 Å². The Morgan fingerprint density at radius 2 is 2.47 bits per heavy atom. The van der Waals surface area contributed by atoms with Gasteiger partial charge in [-0.2, -0.15) is 5.10 Å². The number of aryl methyl sites for hydroxylation is 1. The first-order valence-corrected chi connectivity index (χ1v) is 7.38. The Balaban J connectivity index is 1.68. The molecular weight excluding hydrogens is 298 g/mol. The van der Waals surface area contributed by atoms with Gasteiger partial charge in [0.15, 0.2) is 0 Å². The molecule has 0 radical (unpaired) electrons. The molecule has 1 unspecified atom stereocenters. The van der Waals surface area contributed by atoms with E-state index in [9.17, 15) is 0 Å². The highest BCUT2D eigenvalue weighted by atomic mass is 79.9. The summed E-state index contributed by atoms with van der Waals surface area (Å²) in [4.78, 5) is 1.37. The topological polar surface area (TPSA) is 29.9 Å². The molecule has 2 aromatic heterocycles. The van der Waals surface area contributed by atoms with Gasteiger partial charge in [0, 0.05) is 39.7 Å². The summed E-state index contributed by atoms with van der Waals surface area (Å²) in [6.45, 7) is 4.18. The first-order chi connectivity index (χ1) is 8.25. The molecule has 1 N–H and O–H groups in total. The molecule has 0 aliphatic heterocycles. The zero-order valence-corrected chi connectivity index (χ0v) is 12.2. The molecule has 17 heavy (non-hydrogen) atoms. The van der Waals surface area contributed by atoms with Crippen molar-refractivity contribution in [2.45, 2.75) is 25.9 Å². The Morgan fingerprint density at radius 3 is 3.12 bits per heavy atom. The molecule has 0 aliphatic carbocycles. The second kappa shape index (κ2) is 6.33. The van der Waals surface area contributed by atoms with Crippen molar-refractivity contribution in [1.29, 1.82) is 0 Å². The average molecular weight is 314 g/mol. The number of hydrogen-bond donors (Lipinski definition) is 1. The predicted octanol–water partition coefficient (Wildman–Crippen LogP) is 3.45. The highest BCUT2D eigenvalue weighted by Gasteiger charge is 2.06. The fourth-order valence-electron chi connectivity index (χ4n) is 1.65. The SMILES string of the molecule is CC(NCCCn1cccn1)c1cc(Br)cs1. The van der Waals surface area contributed by atoms with E-state index < -0.39 is 0 Å². The van der Waals surface area contributed by atoms with E-state index in [0.717, 1.165) is 19.5 Å². The van der Waals surface area contributed by atoms with Crippen molar-refractivity contribution in [1.82, 2.24) is 15.1 Å². The molecule has 1 atom stereocenters. The zero-order chi connectivity index (χ0) is 12.1. The van der Waals surface area contributed by atoms with Crippen molar-refractivity contribution in [3.05, 3.63) is 39.3 Å². The van der Waals surface area contributed by atoms with Crippen LogP contribution in [-0.4, -0.2) is 16.3 Å². The fraction of sp³-hybridized carbons (Fsp3) is 0.417. The van der Waals surface area contributed by atoms with E-state index in [1.165, 1.54) is 9.35 Å². The third-order valence-corrected chi connectivity index (χ3v) is 4.46. The van der Waals surface area contributed by atoms with Gasteiger partial charge in [-0.1, -0.05) is 0 Å². The van der Waals surface area contributed by atoms with Crippen molar-refractivity contribution < 1.29 is 0 Å². The summed E-state index contributed by atoms with van der Waals surface area (Å²) in [6, 6.07) is 4.55. The second-order valence-electron chi connectivity index (χ2n) is 3.97. The van der Waals surface area contributed by atoms with Crippen LogP contribution in [0.2, 0.25) is 0 Å². The van der Waals surface area contributed by atoms with E-state index in [-0.39, 0.29) is 0 Å². The Bertz CT molecular complexity index is 438. The van der Waals surface area contributed by atoms with Gasteiger partial charge in [-0.25, -0.2) is 0 Å². The number of hydrogen-bond acceptors (Lipinski definition) is 3. The molecule has 0 spiro atoms. The lowest BCUT2D eigenvalue weighted by molar-refractivity contribution is 0.510. The van der Waals surface area contributed by atoms with Crippen molar-refractivity contribution in [3.63, 3.8) is 0 Å². The average Bonchev–Trinajstić information content (AvgIpc) is 2.95. The monoisotopic (exact) mass is 313 g/mol. The van der Waals surface area contributed by atoms with Crippen LogP contribution in [0.25, 0.3) is 0 Å². The van der Waals surface area contributed by atoms with Gasteiger partial charge in [0.05, 0.1) is 0 Å². The van der Waals surface area contributed by atoms with Crippen LogP contribution in [0.3, 0.4) is 0 Å². The fourth-order valence-corrected chi connectivity index (χ4v) is 3.13. The van der Waals surface area contributed by atoms with E-state index in [2.05, 4.69) is 44.7 Å². The van der Waals surface area contributed by atoms with Gasteiger partial charge in [-0.3, -0.25) is 4.68 Å². The number of halogens is 1. The van der Waals surface area contributed by atoms with Crippen molar-refractivity contribution >= 4 is 27.3 Å². The van der Waals surface area contributed by atoms with Crippen LogP contribution in [0.4, 0.5) is 0 Å². The van der Waals surface area contributed by atoms with Gasteiger partial charge >= 0.3 is 0 Å². The van der Waals surface area contributed by atoms with Gasteiger partial charge in [0.2, 0.25) is 0 Å². The molecule has 5 heteroatoms. The van der Waals surface area contributed by atoms with Crippen LogP contribution < -0.4 is 5.32 Å². The number of rotatable bonds is 6. The molecule has 0 amide bonds. The second-order valence-corrected chi connectivity index (χ2v) is 5.82. The minimum atomic E-state index is 0.420. The van der Waals surface area contributed by atoms with Crippen LogP contribution in [0.1, 0.15) is 24.3 Å². The van der Waals surface area contributed by atoms with Gasteiger partial charge in [-0.05, 0) is 48.0 Å². The number of thiophene rings is 1. The van der Waals surface area contributed by atoms with Gasteiger partial charge in [0.25, 0.3) is 0 Å². The Hall–Kier alpha value is -0.650. The normalized spacial score (nSPS) is 12.8. The van der Waals surface area contributed by atoms with E-state index in [1.54, 1.807) is 11.3 Å². The maximum Gasteiger partial charge on any atom is 0.0489 e. The molecule has 0 saturated carbocycles. The lowest BCUT2D eigenvalue weighted by Gasteiger charge is -2.11. The third-order valence-electron chi connectivity index (χ3n) is 2.59. The quantitative estimate of drug-likeness (QED) is 0.828. The first kappa shape index (κ1) is 12.8. The first-order valence-electron chi connectivity index (χ1n) is 5.70. The standard InChI is InChI=1S/C12H16BrN3S/c1-10(12-8-11(13)9-17-12)14-4-2-6-16-7-3-5-15-16/h3,5,7-10,14H,2,4,6H2,1H3. The zero-order valence-electron chi connectivity index (χ0n) is 9.77. The van der Waals surface area contributed by atoms with Gasteiger partial charge in [-0.15, -0.1) is 11.3 Å². The molecule has 0 aromatic carbocycles. The van der Waals surface area contributed by atoms with Crippen LogP contribution in [0, 0.1) is 0 Å². The number of nitrogens with one attached hydrogen (secondary N) is 1. The molecule has 0 fully saturated rings. The van der Waals surface area contributed by atoms with Crippen LogP contribution in [-0.2, 0) is 6.54 Å². The summed E-state index contributed by atoms with van der Waals surface area (Å²) in [7, 11) is 0. The minimum Gasteiger partial charge on any atom is -0.309 e. The predicted molar refractivity (Wildman–Crippen MR) is 75.3 cm³/mol. The largest absolute Gasteiger partial charge is 0.309 e. The molecule has 0 bridgehead atoms. The summed E-state index contributed by atoms with van der Waals surface area (Å²) < 4.78 is 3.14. The van der Waals surface area contributed by atoms with Crippen molar-refractivity contribution in [2.24, 2.45) is 0 Å². The molecule has 2 rings (SSSR count). The van der Waals surface area contributed by atoms with Crippen LogP contribution >= 0.6 is 27.3 Å². The molecular formula is C12H16BrN3S. The van der Waals surface area contributed by atoms with Gasteiger partial charge < -0.3 is 5.32 Å². The van der Waals surface area contributed by atoms with E-state index in [0.29, 0.717) is 6.04 Å². The molecule has 0 saturated heterocycles. The lowest BCUT2D eigenvalue weighted by atomic mass is 10.2. The highest BCUT2D eigenvalue weighted by Crippen LogP contribution is 2.25. The maximum atomic E-state index is 4.18. The van der Waals surface area contributed by atoms with Crippen LogP contribution in [0.5, 0.6) is 0 Å². The minimum absolute atomic E-state index is 0.420. The summed E-state index contributed by atoms with van der Waals surface area (Å²) in [5.74, 6) is 0. The Kier molecular flexibility index (Phi) is 4.76. The summed E-state index contributed by atoms with van der Waals surface area (Å²) in [6.07, 6.45) is 4.91. The third kappa shape index (κ3) is 3.94. The summed E-state index contributed by atoms with van der Waals surface area (Å²) in [5, 5.41) is 9.82.